The van der Waals surface area contributed by atoms with E-state index in [1.54, 1.807) is 79.7 Å². The van der Waals surface area contributed by atoms with Gasteiger partial charge in [0.05, 0.1) is 36.3 Å². The van der Waals surface area contributed by atoms with Gasteiger partial charge in [-0.25, -0.2) is 13.2 Å². The molecule has 0 fully saturated rings. The zero-order chi connectivity index (χ0) is 23.1. The zero-order valence-electron chi connectivity index (χ0n) is 17.8. The van der Waals surface area contributed by atoms with Crippen LogP contribution < -0.4 is 9.62 Å². The molecule has 0 aliphatic heterocycles. The molecule has 166 valence electrons. The Hall–Kier alpha value is -3.65. The largest absolute Gasteiger partial charge is 0.462 e. The Kier molecular flexibility index (Phi) is 7.27. The summed E-state index contributed by atoms with van der Waals surface area (Å²) in [6, 6.07) is 22.1. The second kappa shape index (κ2) is 10.1. The molecule has 0 atom stereocenters. The van der Waals surface area contributed by atoms with Crippen molar-refractivity contribution in [1.29, 1.82) is 0 Å². The Bertz CT molecular complexity index is 1190. The number of rotatable bonds is 8. The van der Waals surface area contributed by atoms with Gasteiger partial charge in [-0.1, -0.05) is 42.5 Å². The highest BCUT2D eigenvalue weighted by molar-refractivity contribution is 7.92. The average Bonchev–Trinajstić information content (AvgIpc) is 2.78. The van der Waals surface area contributed by atoms with Crippen LogP contribution in [0.4, 0.5) is 11.4 Å². The van der Waals surface area contributed by atoms with Gasteiger partial charge in [0.15, 0.2) is 0 Å². The molecule has 3 aromatic rings. The van der Waals surface area contributed by atoms with E-state index >= 15 is 0 Å². The number of anilines is 2. The van der Waals surface area contributed by atoms with Crippen molar-refractivity contribution in [2.24, 2.45) is 0 Å². The molecule has 0 unspecified atom stereocenters. The van der Waals surface area contributed by atoms with E-state index in [-0.39, 0.29) is 18.7 Å². The lowest BCUT2D eigenvalue weighted by atomic mass is 10.1. The number of benzene rings is 3. The number of amides is 1. The van der Waals surface area contributed by atoms with Crippen LogP contribution in [0, 0.1) is 0 Å². The topological polar surface area (TPSA) is 92.8 Å². The molecule has 0 aliphatic carbocycles. The van der Waals surface area contributed by atoms with E-state index < -0.39 is 21.9 Å². The number of hydrogen-bond donors (Lipinski definition) is 1. The summed E-state index contributed by atoms with van der Waals surface area (Å²) in [5.41, 5.74) is 2.28. The second-order valence-electron chi connectivity index (χ2n) is 7.02. The monoisotopic (exact) mass is 452 g/mol. The highest BCUT2D eigenvalue weighted by atomic mass is 32.2. The SMILES string of the molecule is CCOC(=O)c1ccccc1NC(=O)c1ccc(CN(c2ccccc2)S(C)(=O)=O)cc1. The van der Waals surface area contributed by atoms with Gasteiger partial charge in [-0.05, 0) is 48.9 Å². The van der Waals surface area contributed by atoms with Gasteiger partial charge in [0.25, 0.3) is 5.91 Å². The highest BCUT2D eigenvalue weighted by Gasteiger charge is 2.18. The van der Waals surface area contributed by atoms with Crippen molar-refractivity contribution in [3.8, 4) is 0 Å². The fraction of sp³-hybridized carbons (Fsp3) is 0.167. The summed E-state index contributed by atoms with van der Waals surface area (Å²) in [5.74, 6) is -0.906. The first-order valence-corrected chi connectivity index (χ1v) is 11.8. The lowest BCUT2D eigenvalue weighted by Crippen LogP contribution is -2.29. The maximum atomic E-state index is 12.7. The first kappa shape index (κ1) is 23.0. The molecule has 32 heavy (non-hydrogen) atoms. The Morgan fingerprint density at radius 1 is 0.906 bits per heavy atom. The van der Waals surface area contributed by atoms with Crippen LogP contribution in [0.15, 0.2) is 78.9 Å². The van der Waals surface area contributed by atoms with E-state index in [9.17, 15) is 18.0 Å². The van der Waals surface area contributed by atoms with Crippen molar-refractivity contribution in [2.45, 2.75) is 13.5 Å². The normalized spacial score (nSPS) is 10.9. The number of esters is 1. The predicted molar refractivity (Wildman–Crippen MR) is 124 cm³/mol. The average molecular weight is 453 g/mol. The minimum absolute atomic E-state index is 0.135. The Morgan fingerprint density at radius 3 is 2.16 bits per heavy atom. The van der Waals surface area contributed by atoms with Crippen LogP contribution >= 0.6 is 0 Å². The molecular weight excluding hydrogens is 428 g/mol. The van der Waals surface area contributed by atoms with E-state index in [1.165, 1.54) is 4.31 Å². The van der Waals surface area contributed by atoms with Gasteiger partial charge in [0.1, 0.15) is 0 Å². The van der Waals surface area contributed by atoms with Crippen LogP contribution in [0.1, 0.15) is 33.2 Å². The quantitative estimate of drug-likeness (QED) is 0.520. The van der Waals surface area contributed by atoms with Crippen molar-refractivity contribution >= 4 is 33.3 Å². The van der Waals surface area contributed by atoms with E-state index in [0.717, 1.165) is 11.8 Å². The third-order valence-corrected chi connectivity index (χ3v) is 5.80. The van der Waals surface area contributed by atoms with Gasteiger partial charge >= 0.3 is 5.97 Å². The maximum absolute atomic E-state index is 12.7. The molecule has 3 rings (SSSR count). The number of carbonyl (C=O) groups is 2. The lowest BCUT2D eigenvalue weighted by Gasteiger charge is -2.22. The van der Waals surface area contributed by atoms with Crippen LogP contribution in [-0.2, 0) is 21.3 Å². The number of nitrogens with zero attached hydrogens (tertiary/aromatic N) is 1. The number of nitrogens with one attached hydrogen (secondary N) is 1. The molecule has 0 heterocycles. The van der Waals surface area contributed by atoms with Crippen molar-refractivity contribution in [3.63, 3.8) is 0 Å². The summed E-state index contributed by atoms with van der Waals surface area (Å²) in [4.78, 5) is 24.8. The summed E-state index contributed by atoms with van der Waals surface area (Å²) in [7, 11) is -3.49. The molecule has 7 nitrogen and oxygen atoms in total. The number of ether oxygens (including phenoxy) is 1. The fourth-order valence-corrected chi connectivity index (χ4v) is 3.98. The lowest BCUT2D eigenvalue weighted by molar-refractivity contribution is 0.0527. The minimum atomic E-state index is -3.49. The van der Waals surface area contributed by atoms with E-state index in [2.05, 4.69) is 5.32 Å². The smallest absolute Gasteiger partial charge is 0.340 e. The Balaban J connectivity index is 1.76. The first-order valence-electron chi connectivity index (χ1n) is 9.99. The van der Waals surface area contributed by atoms with Gasteiger partial charge in [0, 0.05) is 5.56 Å². The van der Waals surface area contributed by atoms with Crippen molar-refractivity contribution < 1.29 is 22.7 Å². The third kappa shape index (κ3) is 5.73. The molecule has 0 aliphatic rings. The summed E-state index contributed by atoms with van der Waals surface area (Å²) < 4.78 is 30.9. The fourth-order valence-electron chi connectivity index (χ4n) is 3.10. The number of carbonyl (C=O) groups excluding carboxylic acids is 2. The van der Waals surface area contributed by atoms with Crippen molar-refractivity contribution in [3.05, 3.63) is 95.6 Å². The summed E-state index contributed by atoms with van der Waals surface area (Å²) in [6.07, 6.45) is 1.16. The van der Waals surface area contributed by atoms with E-state index in [0.29, 0.717) is 16.9 Å². The van der Waals surface area contributed by atoms with Gasteiger partial charge in [-0.2, -0.15) is 0 Å². The van der Waals surface area contributed by atoms with Gasteiger partial charge in [-0.15, -0.1) is 0 Å². The molecule has 0 saturated carbocycles. The first-order chi connectivity index (χ1) is 15.3. The van der Waals surface area contributed by atoms with Gasteiger partial charge in [0.2, 0.25) is 10.0 Å². The van der Waals surface area contributed by atoms with Crippen LogP contribution in [-0.4, -0.2) is 33.2 Å². The third-order valence-electron chi connectivity index (χ3n) is 4.66. The minimum Gasteiger partial charge on any atom is -0.462 e. The maximum Gasteiger partial charge on any atom is 0.340 e. The van der Waals surface area contributed by atoms with Crippen LogP contribution in [0.25, 0.3) is 0 Å². The molecule has 8 heteroatoms. The molecule has 0 aromatic heterocycles. The molecule has 3 aromatic carbocycles. The Labute approximate surface area is 187 Å². The van der Waals surface area contributed by atoms with Crippen LogP contribution in [0.2, 0.25) is 0 Å². The molecule has 0 spiro atoms. The number of sulfonamides is 1. The van der Waals surface area contributed by atoms with E-state index in [1.807, 2.05) is 6.07 Å². The van der Waals surface area contributed by atoms with E-state index in [4.69, 9.17) is 4.74 Å². The molecular formula is C24H24N2O5S. The van der Waals surface area contributed by atoms with Gasteiger partial charge < -0.3 is 10.1 Å². The van der Waals surface area contributed by atoms with Crippen LogP contribution in [0.3, 0.4) is 0 Å². The van der Waals surface area contributed by atoms with Crippen LogP contribution in [0.5, 0.6) is 0 Å². The molecule has 0 bridgehead atoms. The van der Waals surface area contributed by atoms with Crippen molar-refractivity contribution in [1.82, 2.24) is 0 Å². The molecule has 0 radical (unpaired) electrons. The standard InChI is InChI=1S/C24H24N2O5S/c1-3-31-24(28)21-11-7-8-12-22(21)25-23(27)19-15-13-18(14-16-19)17-26(32(2,29)30)20-9-5-4-6-10-20/h4-16H,3,17H2,1-2H3,(H,25,27). The zero-order valence-corrected chi connectivity index (χ0v) is 18.6. The Morgan fingerprint density at radius 2 is 1.53 bits per heavy atom. The summed E-state index contributed by atoms with van der Waals surface area (Å²) in [5, 5.41) is 2.73. The molecule has 0 saturated heterocycles. The molecule has 1 amide bonds. The second-order valence-corrected chi connectivity index (χ2v) is 8.93. The van der Waals surface area contributed by atoms with Crippen molar-refractivity contribution in [2.75, 3.05) is 22.5 Å². The van der Waals surface area contributed by atoms with Gasteiger partial charge in [-0.3, -0.25) is 9.10 Å². The number of para-hydroxylation sites is 2. The summed E-state index contributed by atoms with van der Waals surface area (Å²) in [6.45, 7) is 2.08. The summed E-state index contributed by atoms with van der Waals surface area (Å²) >= 11 is 0. The molecule has 1 N–H and O–H groups in total. The predicted octanol–water partition coefficient (Wildman–Crippen LogP) is 4.08. The number of hydrogen-bond acceptors (Lipinski definition) is 5. The highest BCUT2D eigenvalue weighted by Crippen LogP contribution is 2.21.